The van der Waals surface area contributed by atoms with Crippen molar-refractivity contribution in [1.82, 2.24) is 19.7 Å². The van der Waals surface area contributed by atoms with Gasteiger partial charge in [0.2, 0.25) is 0 Å². The molecule has 0 radical (unpaired) electrons. The second-order valence-electron chi connectivity index (χ2n) is 7.78. The summed E-state index contributed by atoms with van der Waals surface area (Å²) >= 11 is 11.8. The summed E-state index contributed by atoms with van der Waals surface area (Å²) in [6.45, 7) is 2.40. The Kier molecular flexibility index (Phi) is 6.90. The van der Waals surface area contributed by atoms with Crippen LogP contribution in [0.3, 0.4) is 0 Å². The second kappa shape index (κ2) is 9.84. The highest BCUT2D eigenvalue weighted by Gasteiger charge is 2.34. The molecule has 0 bridgehead atoms. The van der Waals surface area contributed by atoms with Gasteiger partial charge in [0, 0.05) is 21.5 Å². The van der Waals surface area contributed by atoms with Gasteiger partial charge in [0.05, 0.1) is 12.6 Å². The molecule has 0 aliphatic carbocycles. The second-order valence-corrected chi connectivity index (χ2v) is 8.66. The molecular formula is C22H21Cl2FN6O2. The summed E-state index contributed by atoms with van der Waals surface area (Å²) < 4.78 is 16.4. The third-order valence-electron chi connectivity index (χ3n) is 5.53. The quantitative estimate of drug-likeness (QED) is 0.204. The van der Waals surface area contributed by atoms with Crippen LogP contribution in [0.2, 0.25) is 10.0 Å². The molecule has 3 aromatic rings. The van der Waals surface area contributed by atoms with Crippen molar-refractivity contribution in [2.24, 2.45) is 4.99 Å². The lowest BCUT2D eigenvalue weighted by atomic mass is 10.1. The molecule has 8 nitrogen and oxygen atoms in total. The zero-order valence-electron chi connectivity index (χ0n) is 17.8. The normalized spacial score (nSPS) is 16.4. The SMILES string of the molecule is Cc1nnc([C@H]2CCCN2C(C[N+](=O)[O-])=Nc2ccc(Cl)cc2F)n1Cc1ccc(Cl)cc1. The monoisotopic (exact) mass is 490 g/mol. The van der Waals surface area contributed by atoms with Crippen LogP contribution in [0.15, 0.2) is 47.5 Å². The average molecular weight is 491 g/mol. The van der Waals surface area contributed by atoms with Crippen molar-refractivity contribution in [1.29, 1.82) is 0 Å². The highest BCUT2D eigenvalue weighted by Crippen LogP contribution is 2.33. The lowest BCUT2D eigenvalue weighted by molar-refractivity contribution is -0.464. The first kappa shape index (κ1) is 23.1. The number of nitrogens with zero attached hydrogens (tertiary/aromatic N) is 6. The summed E-state index contributed by atoms with van der Waals surface area (Å²) in [5.41, 5.74) is 1.02. The van der Waals surface area contributed by atoms with Gasteiger partial charge < -0.3 is 9.47 Å². The van der Waals surface area contributed by atoms with Gasteiger partial charge in [-0.2, -0.15) is 0 Å². The summed E-state index contributed by atoms with van der Waals surface area (Å²) in [6.07, 6.45) is 1.51. The molecule has 0 unspecified atom stereocenters. The zero-order valence-corrected chi connectivity index (χ0v) is 19.3. The number of amidine groups is 1. The van der Waals surface area contributed by atoms with Crippen LogP contribution in [-0.2, 0) is 6.54 Å². The van der Waals surface area contributed by atoms with E-state index >= 15 is 0 Å². The Morgan fingerprint density at radius 3 is 2.64 bits per heavy atom. The molecule has 33 heavy (non-hydrogen) atoms. The molecular weight excluding hydrogens is 470 g/mol. The van der Waals surface area contributed by atoms with E-state index in [0.29, 0.717) is 23.9 Å². The van der Waals surface area contributed by atoms with Crippen LogP contribution < -0.4 is 0 Å². The van der Waals surface area contributed by atoms with Gasteiger partial charge in [-0.05, 0) is 55.7 Å². The number of benzene rings is 2. The summed E-state index contributed by atoms with van der Waals surface area (Å²) in [6, 6.07) is 11.3. The first-order valence-electron chi connectivity index (χ1n) is 10.4. The predicted molar refractivity (Wildman–Crippen MR) is 124 cm³/mol. The van der Waals surface area contributed by atoms with Crippen molar-refractivity contribution in [3.05, 3.63) is 85.7 Å². The largest absolute Gasteiger partial charge is 0.344 e. The molecule has 0 spiro atoms. The van der Waals surface area contributed by atoms with Gasteiger partial charge in [0.15, 0.2) is 11.7 Å². The smallest absolute Gasteiger partial charge is 0.260 e. The molecule has 11 heteroatoms. The standard InChI is InChI=1S/C22H21Cl2FN6O2/c1-14-27-28-22(30(14)12-15-4-6-16(23)7-5-15)20-3-2-10-29(20)21(13-31(32)33)26-19-9-8-17(24)11-18(19)25/h4-9,11,20H,2-3,10,12-13H2,1H3/t20-/m1/s1. The number of rotatable bonds is 6. The van der Waals surface area contributed by atoms with Gasteiger partial charge in [0.1, 0.15) is 17.3 Å². The number of halogens is 3. The van der Waals surface area contributed by atoms with Crippen LogP contribution in [0.25, 0.3) is 0 Å². The average Bonchev–Trinajstić information content (AvgIpc) is 3.38. The number of nitro groups is 1. The summed E-state index contributed by atoms with van der Waals surface area (Å²) in [5, 5.41) is 20.9. The minimum absolute atomic E-state index is 0.000659. The van der Waals surface area contributed by atoms with E-state index in [4.69, 9.17) is 23.2 Å². The Bertz CT molecular complexity index is 1200. The Morgan fingerprint density at radius 1 is 1.21 bits per heavy atom. The van der Waals surface area contributed by atoms with E-state index in [1.165, 1.54) is 12.1 Å². The van der Waals surface area contributed by atoms with Gasteiger partial charge in [-0.15, -0.1) is 10.2 Å². The fourth-order valence-electron chi connectivity index (χ4n) is 3.97. The van der Waals surface area contributed by atoms with Gasteiger partial charge in [-0.3, -0.25) is 10.1 Å². The number of aromatic nitrogens is 3. The maximum Gasteiger partial charge on any atom is 0.260 e. The van der Waals surface area contributed by atoms with Crippen molar-refractivity contribution >= 4 is 34.7 Å². The molecule has 4 rings (SSSR count). The van der Waals surface area contributed by atoms with E-state index in [0.717, 1.165) is 30.3 Å². The Labute approximate surface area is 199 Å². The fraction of sp³-hybridized carbons (Fsp3) is 0.318. The van der Waals surface area contributed by atoms with Crippen molar-refractivity contribution in [2.45, 2.75) is 32.4 Å². The number of likely N-dealkylation sites (tertiary alicyclic amines) is 1. The van der Waals surface area contributed by atoms with Crippen molar-refractivity contribution in [3.8, 4) is 0 Å². The van der Waals surface area contributed by atoms with Gasteiger partial charge in [-0.25, -0.2) is 9.38 Å². The highest BCUT2D eigenvalue weighted by molar-refractivity contribution is 6.30. The minimum atomic E-state index is -0.638. The molecule has 172 valence electrons. The topological polar surface area (TPSA) is 89.4 Å². The van der Waals surface area contributed by atoms with Crippen LogP contribution in [0.4, 0.5) is 10.1 Å². The molecule has 2 aromatic carbocycles. The summed E-state index contributed by atoms with van der Waals surface area (Å²) in [5.74, 6) is 0.944. The van der Waals surface area contributed by atoms with Gasteiger partial charge in [-0.1, -0.05) is 35.3 Å². The number of hydrogen-bond donors (Lipinski definition) is 0. The van der Waals surface area contributed by atoms with E-state index in [-0.39, 0.29) is 22.6 Å². The lowest BCUT2D eigenvalue weighted by Gasteiger charge is -2.26. The van der Waals surface area contributed by atoms with E-state index in [1.54, 1.807) is 0 Å². The molecule has 1 fully saturated rings. The van der Waals surface area contributed by atoms with Crippen LogP contribution in [0.5, 0.6) is 0 Å². The fourth-order valence-corrected chi connectivity index (χ4v) is 4.26. The number of aryl methyl sites for hydroxylation is 1. The minimum Gasteiger partial charge on any atom is -0.344 e. The third kappa shape index (κ3) is 5.31. The summed E-state index contributed by atoms with van der Waals surface area (Å²) in [4.78, 5) is 17.1. The lowest BCUT2D eigenvalue weighted by Crippen LogP contribution is -2.36. The van der Waals surface area contributed by atoms with Crippen LogP contribution >= 0.6 is 23.2 Å². The maximum absolute atomic E-state index is 14.4. The Morgan fingerprint density at radius 2 is 1.94 bits per heavy atom. The summed E-state index contributed by atoms with van der Waals surface area (Å²) in [7, 11) is 0. The van der Waals surface area contributed by atoms with E-state index in [1.807, 2.05) is 40.7 Å². The molecule has 1 aromatic heterocycles. The number of hydrogen-bond acceptors (Lipinski definition) is 5. The number of aliphatic imine (C=N–C) groups is 1. The maximum atomic E-state index is 14.4. The Hall–Kier alpha value is -3.04. The first-order valence-corrected chi connectivity index (χ1v) is 11.1. The van der Waals surface area contributed by atoms with Gasteiger partial charge in [0.25, 0.3) is 6.54 Å². The van der Waals surface area contributed by atoms with Crippen LogP contribution in [0, 0.1) is 22.9 Å². The van der Waals surface area contributed by atoms with E-state index < -0.39 is 17.3 Å². The third-order valence-corrected chi connectivity index (χ3v) is 6.02. The predicted octanol–water partition coefficient (Wildman–Crippen LogP) is 5.22. The van der Waals surface area contributed by atoms with Gasteiger partial charge >= 0.3 is 0 Å². The molecule has 2 heterocycles. The van der Waals surface area contributed by atoms with E-state index in [9.17, 15) is 14.5 Å². The van der Waals surface area contributed by atoms with Crippen molar-refractivity contribution < 1.29 is 9.31 Å². The highest BCUT2D eigenvalue weighted by atomic mass is 35.5. The van der Waals surface area contributed by atoms with Crippen LogP contribution in [0.1, 0.15) is 36.1 Å². The molecule has 1 saturated heterocycles. The molecule has 1 atom stereocenters. The molecule has 0 N–H and O–H groups in total. The molecule has 0 saturated carbocycles. The van der Waals surface area contributed by atoms with Crippen molar-refractivity contribution in [2.75, 3.05) is 13.1 Å². The first-order chi connectivity index (χ1) is 15.8. The van der Waals surface area contributed by atoms with Crippen molar-refractivity contribution in [3.63, 3.8) is 0 Å². The molecule has 0 amide bonds. The zero-order chi connectivity index (χ0) is 23.5. The molecule has 1 aliphatic rings. The molecule has 1 aliphatic heterocycles. The van der Waals surface area contributed by atoms with E-state index in [2.05, 4.69) is 15.2 Å². The Balaban J connectivity index is 1.69. The van der Waals surface area contributed by atoms with Crippen LogP contribution in [-0.4, -0.2) is 43.5 Å².